The maximum atomic E-state index is 12.0. The first-order chi connectivity index (χ1) is 18.7. The number of pyridine rings is 1. The Hall–Kier alpha value is -3.86. The SMILES string of the molecule is Cn1cc(-c2ccc3nc(-c4cnn(CC(C)(C)O)c4)nc(N4CCOC[C@@H]4c4cccs4)c3c2)ccc1=O. The predicted molar refractivity (Wildman–Crippen MR) is 153 cm³/mol. The summed E-state index contributed by atoms with van der Waals surface area (Å²) in [5.41, 5.74) is 2.58. The van der Waals surface area contributed by atoms with Gasteiger partial charge in [-0.2, -0.15) is 5.10 Å². The molecule has 0 spiro atoms. The minimum absolute atomic E-state index is 0.0313. The molecule has 5 aromatic rings. The molecule has 1 fully saturated rings. The molecule has 39 heavy (non-hydrogen) atoms. The van der Waals surface area contributed by atoms with Crippen LogP contribution in [0.25, 0.3) is 33.4 Å². The summed E-state index contributed by atoms with van der Waals surface area (Å²) >= 11 is 1.71. The molecular formula is C29H30N6O3S. The summed E-state index contributed by atoms with van der Waals surface area (Å²) in [4.78, 5) is 25.6. The summed E-state index contributed by atoms with van der Waals surface area (Å²) < 4.78 is 9.20. The number of aromatic nitrogens is 5. The van der Waals surface area contributed by atoms with E-state index >= 15 is 0 Å². The predicted octanol–water partition coefficient (Wildman–Crippen LogP) is 4.27. The molecule has 1 saturated heterocycles. The zero-order valence-electron chi connectivity index (χ0n) is 22.1. The third-order valence-corrected chi connectivity index (χ3v) is 7.78. The number of benzene rings is 1. The van der Waals surface area contributed by atoms with Crippen molar-refractivity contribution in [2.24, 2.45) is 7.05 Å². The highest BCUT2D eigenvalue weighted by atomic mass is 32.1. The molecule has 1 aromatic carbocycles. The Kier molecular flexibility index (Phi) is 6.54. The van der Waals surface area contributed by atoms with Gasteiger partial charge in [-0.25, -0.2) is 9.97 Å². The van der Waals surface area contributed by atoms with E-state index in [9.17, 15) is 9.90 Å². The van der Waals surface area contributed by atoms with Crippen molar-refractivity contribution in [3.8, 4) is 22.5 Å². The lowest BCUT2D eigenvalue weighted by molar-refractivity contribution is 0.0577. The van der Waals surface area contributed by atoms with E-state index in [1.807, 2.05) is 30.6 Å². The van der Waals surface area contributed by atoms with Crippen molar-refractivity contribution in [1.82, 2.24) is 24.3 Å². The molecule has 1 atom stereocenters. The van der Waals surface area contributed by atoms with Gasteiger partial charge in [0, 0.05) is 42.3 Å². The third-order valence-electron chi connectivity index (χ3n) is 6.81. The molecule has 9 nitrogen and oxygen atoms in total. The van der Waals surface area contributed by atoms with Crippen LogP contribution in [-0.2, 0) is 18.3 Å². The minimum Gasteiger partial charge on any atom is -0.389 e. The van der Waals surface area contributed by atoms with E-state index in [0.717, 1.165) is 33.4 Å². The van der Waals surface area contributed by atoms with Gasteiger partial charge >= 0.3 is 0 Å². The maximum absolute atomic E-state index is 12.0. The summed E-state index contributed by atoms with van der Waals surface area (Å²) in [5.74, 6) is 1.41. The van der Waals surface area contributed by atoms with Gasteiger partial charge < -0.3 is 19.3 Å². The van der Waals surface area contributed by atoms with Crippen LogP contribution in [0.3, 0.4) is 0 Å². The fraction of sp³-hybridized carbons (Fsp3) is 0.310. The van der Waals surface area contributed by atoms with E-state index in [2.05, 4.69) is 33.6 Å². The lowest BCUT2D eigenvalue weighted by Crippen LogP contribution is -2.40. The number of anilines is 1. The Balaban J connectivity index is 1.51. The second-order valence-corrected chi connectivity index (χ2v) is 11.5. The van der Waals surface area contributed by atoms with E-state index in [0.29, 0.717) is 32.1 Å². The van der Waals surface area contributed by atoms with Gasteiger partial charge in [0.05, 0.1) is 48.7 Å². The number of hydrogen-bond acceptors (Lipinski definition) is 8. The van der Waals surface area contributed by atoms with Gasteiger partial charge in [-0.15, -0.1) is 11.3 Å². The van der Waals surface area contributed by atoms with Crippen LogP contribution in [0.2, 0.25) is 0 Å². The van der Waals surface area contributed by atoms with Crippen molar-refractivity contribution in [2.45, 2.75) is 32.0 Å². The fourth-order valence-corrected chi connectivity index (χ4v) is 5.76. The Morgan fingerprint density at radius 3 is 2.72 bits per heavy atom. The summed E-state index contributed by atoms with van der Waals surface area (Å²) in [6.07, 6.45) is 5.46. The van der Waals surface area contributed by atoms with Crippen LogP contribution in [0, 0.1) is 0 Å². The van der Waals surface area contributed by atoms with E-state index in [-0.39, 0.29) is 11.6 Å². The monoisotopic (exact) mass is 542 g/mol. The van der Waals surface area contributed by atoms with Crippen LogP contribution in [0.4, 0.5) is 5.82 Å². The number of morpholine rings is 1. The van der Waals surface area contributed by atoms with Crippen LogP contribution in [0.5, 0.6) is 0 Å². The second kappa shape index (κ2) is 10.0. The number of aliphatic hydroxyl groups is 1. The number of rotatable bonds is 6. The molecule has 1 N–H and O–H groups in total. The Morgan fingerprint density at radius 2 is 1.95 bits per heavy atom. The molecule has 0 bridgehead atoms. The Labute approximate surface area is 230 Å². The number of aryl methyl sites for hydroxylation is 1. The minimum atomic E-state index is -0.891. The van der Waals surface area contributed by atoms with Gasteiger partial charge in [0.25, 0.3) is 0 Å². The summed E-state index contributed by atoms with van der Waals surface area (Å²) in [6.45, 7) is 5.74. The average Bonchev–Trinajstić information content (AvgIpc) is 3.61. The van der Waals surface area contributed by atoms with Crippen LogP contribution < -0.4 is 10.5 Å². The van der Waals surface area contributed by atoms with Crippen LogP contribution in [0.1, 0.15) is 24.8 Å². The number of nitrogens with zero attached hydrogens (tertiary/aromatic N) is 6. The van der Waals surface area contributed by atoms with Gasteiger partial charge in [0.2, 0.25) is 5.56 Å². The van der Waals surface area contributed by atoms with Gasteiger partial charge in [-0.1, -0.05) is 12.1 Å². The molecule has 200 valence electrons. The Bertz CT molecular complexity index is 1690. The summed E-state index contributed by atoms with van der Waals surface area (Å²) in [6, 6.07) is 13.8. The standard InChI is InChI=1S/C29H30N6O3S/c1-29(2,37)18-34-16-21(14-30-34)27-31-23-8-6-19(20-7-9-26(36)33(3)15-20)13-22(23)28(32-27)35-10-11-38-17-24(35)25-5-4-12-39-25/h4-9,12-16,24,37H,10-11,17-18H2,1-3H3/t24-/m1/s1. The van der Waals surface area contributed by atoms with Crippen LogP contribution in [-0.4, -0.2) is 54.8 Å². The van der Waals surface area contributed by atoms with Crippen LogP contribution in [0.15, 0.2) is 71.2 Å². The van der Waals surface area contributed by atoms with Crippen molar-refractivity contribution >= 4 is 28.1 Å². The van der Waals surface area contributed by atoms with Crippen molar-refractivity contribution < 1.29 is 9.84 Å². The molecule has 1 aliphatic rings. The third kappa shape index (κ3) is 5.23. The number of thiophene rings is 1. The highest BCUT2D eigenvalue weighted by molar-refractivity contribution is 7.10. The quantitative estimate of drug-likeness (QED) is 0.342. The lowest BCUT2D eigenvalue weighted by atomic mass is 10.0. The highest BCUT2D eigenvalue weighted by Gasteiger charge is 2.29. The molecule has 0 unspecified atom stereocenters. The normalized spacial score (nSPS) is 16.2. The van der Waals surface area contributed by atoms with E-state index in [1.165, 1.54) is 4.88 Å². The van der Waals surface area contributed by atoms with Crippen molar-refractivity contribution in [3.63, 3.8) is 0 Å². The van der Waals surface area contributed by atoms with E-state index < -0.39 is 5.60 Å². The van der Waals surface area contributed by atoms with Crippen LogP contribution >= 0.6 is 11.3 Å². The van der Waals surface area contributed by atoms with E-state index in [4.69, 9.17) is 14.7 Å². The zero-order chi connectivity index (χ0) is 27.1. The molecule has 0 radical (unpaired) electrons. The number of hydrogen-bond donors (Lipinski definition) is 1. The molecule has 0 aliphatic carbocycles. The summed E-state index contributed by atoms with van der Waals surface area (Å²) in [7, 11) is 1.76. The van der Waals surface area contributed by atoms with E-state index in [1.54, 1.807) is 53.7 Å². The van der Waals surface area contributed by atoms with Gasteiger partial charge in [0.15, 0.2) is 5.82 Å². The van der Waals surface area contributed by atoms with Gasteiger partial charge in [0.1, 0.15) is 5.82 Å². The first-order valence-corrected chi connectivity index (χ1v) is 13.7. The Morgan fingerprint density at radius 1 is 1.10 bits per heavy atom. The number of ether oxygens (including phenoxy) is 1. The zero-order valence-corrected chi connectivity index (χ0v) is 22.9. The summed E-state index contributed by atoms with van der Waals surface area (Å²) in [5, 5.41) is 17.7. The second-order valence-electron chi connectivity index (χ2n) is 10.5. The number of fused-ring (bicyclic) bond motifs is 1. The van der Waals surface area contributed by atoms with Crippen molar-refractivity contribution in [1.29, 1.82) is 0 Å². The van der Waals surface area contributed by atoms with Crippen molar-refractivity contribution in [3.05, 3.63) is 81.7 Å². The first kappa shape index (κ1) is 25.4. The first-order valence-electron chi connectivity index (χ1n) is 12.9. The molecule has 6 rings (SSSR count). The maximum Gasteiger partial charge on any atom is 0.250 e. The molecule has 10 heteroatoms. The fourth-order valence-electron chi connectivity index (χ4n) is 4.94. The largest absolute Gasteiger partial charge is 0.389 e. The molecule has 0 amide bonds. The highest BCUT2D eigenvalue weighted by Crippen LogP contribution is 2.37. The van der Waals surface area contributed by atoms with Gasteiger partial charge in [-0.3, -0.25) is 9.48 Å². The topological polar surface area (TPSA) is 98.3 Å². The lowest BCUT2D eigenvalue weighted by Gasteiger charge is -2.36. The molecule has 5 heterocycles. The smallest absolute Gasteiger partial charge is 0.250 e. The molecule has 0 saturated carbocycles. The van der Waals surface area contributed by atoms with Gasteiger partial charge in [-0.05, 0) is 54.6 Å². The van der Waals surface area contributed by atoms with Crippen molar-refractivity contribution in [2.75, 3.05) is 24.7 Å². The average molecular weight is 543 g/mol. The molecule has 4 aromatic heterocycles. The molecule has 1 aliphatic heterocycles. The molecular weight excluding hydrogens is 512 g/mol.